The fourth-order valence-corrected chi connectivity index (χ4v) is 1.40. The fraction of sp³-hybridized carbons (Fsp3) is 0.846. The van der Waals surface area contributed by atoms with Gasteiger partial charge in [-0.3, -0.25) is 0 Å². The molecule has 85 valence electrons. The Labute approximate surface area is 118 Å². The number of hydrogen-bond acceptors (Lipinski definition) is 0. The third kappa shape index (κ3) is 15.6. The van der Waals surface area contributed by atoms with E-state index in [9.17, 15) is 0 Å². The molecule has 0 rings (SSSR count). The van der Waals surface area contributed by atoms with Gasteiger partial charge in [0, 0.05) is 32.7 Å². The van der Waals surface area contributed by atoms with Crippen molar-refractivity contribution in [1.82, 2.24) is 0 Å². The molecule has 1 heteroatoms. The maximum absolute atomic E-state index is 3.84. The topological polar surface area (TPSA) is 0 Å². The molecule has 1 radical (unpaired) electrons. The molecule has 0 saturated heterocycles. The second-order valence-electron chi connectivity index (χ2n) is 3.92. The monoisotopic (exact) mass is 273 g/mol. The van der Waals surface area contributed by atoms with Gasteiger partial charge in [-0.2, -0.15) is 6.42 Å². The minimum absolute atomic E-state index is 0. The van der Waals surface area contributed by atoms with E-state index in [2.05, 4.69) is 20.8 Å². The van der Waals surface area contributed by atoms with Crippen LogP contribution in [0, 0.1) is 20.3 Å². The Morgan fingerprint density at radius 2 is 1.50 bits per heavy atom. The Hall–Kier alpha value is 1.10. The molecule has 0 saturated carbocycles. The van der Waals surface area contributed by atoms with Crippen LogP contribution in [0.4, 0.5) is 0 Å². The van der Waals surface area contributed by atoms with Crippen LogP contribution in [0.25, 0.3) is 0 Å². The van der Waals surface area contributed by atoms with Crippen LogP contribution in [-0.4, -0.2) is 0 Å². The standard InChI is InChI=1S/C12H25.CH3.Y/c1-4-6-7-8-9-10-11-12(3)5-2;;/h12H,1,4-11H2,2-3H3;1H3;/q2*-1;. The Balaban J connectivity index is -0.000000605. The molecule has 0 aromatic carbocycles. The number of hydrogen-bond donors (Lipinski definition) is 0. The van der Waals surface area contributed by atoms with Crippen LogP contribution in [0.5, 0.6) is 0 Å². The summed E-state index contributed by atoms with van der Waals surface area (Å²) in [5.41, 5.74) is 0. The van der Waals surface area contributed by atoms with Gasteiger partial charge in [0.15, 0.2) is 0 Å². The largest absolute Gasteiger partial charge is 0.358 e. The van der Waals surface area contributed by atoms with Gasteiger partial charge in [0.1, 0.15) is 0 Å². The molecule has 0 N–H and O–H groups in total. The summed E-state index contributed by atoms with van der Waals surface area (Å²) in [5.74, 6) is 0.942. The third-order valence-corrected chi connectivity index (χ3v) is 2.64. The molecule has 0 heterocycles. The van der Waals surface area contributed by atoms with E-state index in [0.717, 1.165) is 12.3 Å². The van der Waals surface area contributed by atoms with Gasteiger partial charge in [-0.25, -0.2) is 0 Å². The molecule has 0 aromatic heterocycles. The zero-order valence-electron chi connectivity index (χ0n) is 10.5. The average Bonchev–Trinajstić information content (AvgIpc) is 2.10. The van der Waals surface area contributed by atoms with E-state index in [1.54, 1.807) is 0 Å². The van der Waals surface area contributed by atoms with Crippen molar-refractivity contribution in [3.8, 4) is 0 Å². The van der Waals surface area contributed by atoms with Crippen molar-refractivity contribution >= 4 is 0 Å². The van der Waals surface area contributed by atoms with Crippen molar-refractivity contribution in [3.63, 3.8) is 0 Å². The maximum Gasteiger partial charge on any atom is 0 e. The second-order valence-corrected chi connectivity index (χ2v) is 3.92. The van der Waals surface area contributed by atoms with E-state index >= 15 is 0 Å². The van der Waals surface area contributed by atoms with Gasteiger partial charge < -0.3 is 14.4 Å². The summed E-state index contributed by atoms with van der Waals surface area (Å²) in [6, 6.07) is 0. The summed E-state index contributed by atoms with van der Waals surface area (Å²) in [4.78, 5) is 0. The summed E-state index contributed by atoms with van der Waals surface area (Å²) in [7, 11) is 0. The minimum atomic E-state index is 0. The molecule has 0 fully saturated rings. The predicted octanol–water partition coefficient (Wildman–Crippen LogP) is 5.05. The zero-order chi connectivity index (χ0) is 9.23. The Morgan fingerprint density at radius 3 is 2.00 bits per heavy atom. The smallest absolute Gasteiger partial charge is 0 e. The number of unbranched alkanes of at least 4 members (excludes halogenated alkanes) is 5. The molecule has 0 bridgehead atoms. The first-order valence-electron chi connectivity index (χ1n) is 5.60. The normalized spacial score (nSPS) is 11.4. The Kier molecular flexibility index (Phi) is 24.2. The molecule has 1 atom stereocenters. The Bertz CT molecular complexity index is 81.3. The van der Waals surface area contributed by atoms with E-state index in [-0.39, 0.29) is 40.1 Å². The first kappa shape index (κ1) is 20.5. The number of rotatable bonds is 8. The van der Waals surface area contributed by atoms with Gasteiger partial charge >= 0.3 is 0 Å². The SMILES string of the molecule is [CH2-]CCCCCCCC(C)CC.[CH3-].[Y]. The molecule has 14 heavy (non-hydrogen) atoms. The van der Waals surface area contributed by atoms with Gasteiger partial charge in [0.05, 0.1) is 0 Å². The van der Waals surface area contributed by atoms with E-state index in [1.165, 1.54) is 44.9 Å². The molecule has 0 amide bonds. The summed E-state index contributed by atoms with van der Waals surface area (Å²) in [5, 5.41) is 0. The van der Waals surface area contributed by atoms with Gasteiger partial charge in [-0.15, -0.1) is 0 Å². The summed E-state index contributed by atoms with van der Waals surface area (Å²) >= 11 is 0. The molecule has 0 aliphatic heterocycles. The van der Waals surface area contributed by atoms with Gasteiger partial charge in [-0.1, -0.05) is 58.8 Å². The van der Waals surface area contributed by atoms with E-state index in [4.69, 9.17) is 0 Å². The van der Waals surface area contributed by atoms with Gasteiger partial charge in [-0.05, 0) is 5.92 Å². The van der Waals surface area contributed by atoms with Crippen LogP contribution in [0.1, 0.15) is 65.2 Å². The van der Waals surface area contributed by atoms with Crippen molar-refractivity contribution in [1.29, 1.82) is 0 Å². The maximum atomic E-state index is 3.84. The van der Waals surface area contributed by atoms with Crippen molar-refractivity contribution < 1.29 is 32.7 Å². The fourth-order valence-electron chi connectivity index (χ4n) is 1.40. The minimum Gasteiger partial charge on any atom is -0.358 e. The zero-order valence-corrected chi connectivity index (χ0v) is 13.4. The van der Waals surface area contributed by atoms with Crippen molar-refractivity contribution in [2.45, 2.75) is 65.2 Å². The molecular weight excluding hydrogens is 245 g/mol. The van der Waals surface area contributed by atoms with Crippen LogP contribution in [0.15, 0.2) is 0 Å². The quantitative estimate of drug-likeness (QED) is 0.429. The van der Waals surface area contributed by atoms with E-state index < -0.39 is 0 Å². The van der Waals surface area contributed by atoms with E-state index in [1.807, 2.05) is 0 Å². The van der Waals surface area contributed by atoms with Gasteiger partial charge in [0.25, 0.3) is 0 Å². The molecule has 0 aromatic rings. The summed E-state index contributed by atoms with van der Waals surface area (Å²) in [6.45, 7) is 8.49. The molecule has 0 spiro atoms. The predicted molar refractivity (Wildman–Crippen MR) is 63.5 cm³/mol. The first-order valence-corrected chi connectivity index (χ1v) is 5.60. The average molecular weight is 273 g/mol. The van der Waals surface area contributed by atoms with Crippen LogP contribution in [-0.2, 0) is 32.7 Å². The summed E-state index contributed by atoms with van der Waals surface area (Å²) in [6.07, 6.45) is 10.9. The van der Waals surface area contributed by atoms with Crippen molar-refractivity contribution in [2.24, 2.45) is 5.92 Å². The van der Waals surface area contributed by atoms with E-state index in [0.29, 0.717) is 0 Å². The summed E-state index contributed by atoms with van der Waals surface area (Å²) < 4.78 is 0. The second kappa shape index (κ2) is 16.5. The third-order valence-electron chi connectivity index (χ3n) is 2.64. The first-order chi connectivity index (χ1) is 5.81. The van der Waals surface area contributed by atoms with Crippen molar-refractivity contribution in [2.75, 3.05) is 0 Å². The molecule has 0 nitrogen and oxygen atoms in total. The molecule has 1 unspecified atom stereocenters. The van der Waals surface area contributed by atoms with Crippen LogP contribution < -0.4 is 0 Å². The molecule has 0 aliphatic rings. The van der Waals surface area contributed by atoms with Crippen LogP contribution in [0.3, 0.4) is 0 Å². The van der Waals surface area contributed by atoms with Gasteiger partial charge in [0.2, 0.25) is 0 Å². The molecular formula is C13H28Y-2. The molecule has 0 aliphatic carbocycles. The van der Waals surface area contributed by atoms with Crippen molar-refractivity contribution in [3.05, 3.63) is 14.4 Å². The van der Waals surface area contributed by atoms with Crippen LogP contribution in [0.2, 0.25) is 0 Å². The van der Waals surface area contributed by atoms with Crippen LogP contribution >= 0.6 is 0 Å². The Morgan fingerprint density at radius 1 is 1.00 bits per heavy atom.